The Morgan fingerprint density at radius 3 is 2.50 bits per heavy atom. The fraction of sp³-hybridized carbons (Fsp3) is 0.333. The van der Waals surface area contributed by atoms with Gasteiger partial charge in [-0.1, -0.05) is 13.0 Å². The van der Waals surface area contributed by atoms with Crippen LogP contribution >= 0.6 is 0 Å². The molecule has 0 atom stereocenters. The van der Waals surface area contributed by atoms with E-state index in [-0.39, 0.29) is 42.0 Å². The van der Waals surface area contributed by atoms with Crippen LogP contribution in [0.2, 0.25) is 0 Å². The molecule has 1 aromatic carbocycles. The van der Waals surface area contributed by atoms with Gasteiger partial charge in [0, 0.05) is 75.9 Å². The third-order valence-electron chi connectivity index (χ3n) is 7.70. The van der Waals surface area contributed by atoms with E-state index < -0.39 is 23.2 Å². The van der Waals surface area contributed by atoms with Crippen LogP contribution < -0.4 is 21.7 Å². The predicted molar refractivity (Wildman–Crippen MR) is 169 cm³/mol. The number of anilines is 1. The molecule has 0 unspecified atom stereocenters. The van der Waals surface area contributed by atoms with Crippen molar-refractivity contribution in [2.24, 2.45) is 4.99 Å². The topological polar surface area (TPSA) is 121 Å². The lowest BCUT2D eigenvalue weighted by molar-refractivity contribution is 0.0985. The van der Waals surface area contributed by atoms with Gasteiger partial charge in [-0.25, -0.2) is 23.6 Å². The number of hydrogen-bond acceptors (Lipinski definition) is 7. The van der Waals surface area contributed by atoms with Gasteiger partial charge in [-0.2, -0.15) is 0 Å². The van der Waals surface area contributed by atoms with E-state index in [1.807, 2.05) is 6.92 Å². The van der Waals surface area contributed by atoms with Crippen molar-refractivity contribution in [3.05, 3.63) is 120 Å². The molecule has 0 fully saturated rings. The van der Waals surface area contributed by atoms with Crippen LogP contribution in [-0.2, 0) is 30.8 Å². The van der Waals surface area contributed by atoms with Gasteiger partial charge >= 0.3 is 5.69 Å². The molecule has 4 aromatic rings. The number of aliphatic imine (C=N–C) groups is 1. The number of benzene rings is 1. The van der Waals surface area contributed by atoms with Gasteiger partial charge in [0.05, 0.1) is 11.3 Å². The van der Waals surface area contributed by atoms with Crippen molar-refractivity contribution < 1.29 is 18.3 Å². The molecule has 0 N–H and O–H groups in total. The smallest absolute Gasteiger partial charge is 0.332 e. The Hall–Kier alpha value is -5.04. The number of aryl methyl sites for hydroxylation is 1. The average Bonchev–Trinajstić information content (AvgIpc) is 3.51. The van der Waals surface area contributed by atoms with E-state index in [0.29, 0.717) is 61.6 Å². The van der Waals surface area contributed by atoms with Crippen molar-refractivity contribution in [1.29, 1.82) is 0 Å². The fourth-order valence-electron chi connectivity index (χ4n) is 5.38. The van der Waals surface area contributed by atoms with Gasteiger partial charge < -0.3 is 9.30 Å². The Bertz CT molecular complexity index is 1950. The molecule has 0 spiro atoms. The molecule has 11 nitrogen and oxygen atoms in total. The van der Waals surface area contributed by atoms with Crippen molar-refractivity contribution in [3.8, 4) is 0 Å². The van der Waals surface area contributed by atoms with Crippen LogP contribution in [0, 0.1) is 11.6 Å². The Labute approximate surface area is 263 Å². The SMILES string of the molecule is CCCn1c2c(c(=O)n(CCCOC)c1=O)CC(c1ccc(N(CCCn3ccccc3=O)C(=O)c3ccc(F)c(F)c3)nc1)=N2. The lowest BCUT2D eigenvalue weighted by Gasteiger charge is -2.22. The maximum Gasteiger partial charge on any atom is 0.332 e. The summed E-state index contributed by atoms with van der Waals surface area (Å²) in [5, 5.41) is 0. The van der Waals surface area contributed by atoms with E-state index in [0.717, 1.165) is 12.1 Å². The molecule has 0 bridgehead atoms. The van der Waals surface area contributed by atoms with Gasteiger partial charge in [0.1, 0.15) is 11.6 Å². The molecule has 5 rings (SSSR count). The summed E-state index contributed by atoms with van der Waals surface area (Å²) in [4.78, 5) is 62.8. The molecule has 13 heteroatoms. The number of rotatable bonds is 13. The van der Waals surface area contributed by atoms with Crippen LogP contribution in [0.4, 0.5) is 20.4 Å². The van der Waals surface area contributed by atoms with Crippen molar-refractivity contribution in [3.63, 3.8) is 0 Å². The summed E-state index contributed by atoms with van der Waals surface area (Å²) in [5.74, 6) is -2.23. The zero-order chi connectivity index (χ0) is 32.8. The fourth-order valence-corrected chi connectivity index (χ4v) is 5.38. The summed E-state index contributed by atoms with van der Waals surface area (Å²) in [6.45, 7) is 3.43. The lowest BCUT2D eigenvalue weighted by atomic mass is 10.1. The number of methoxy groups -OCH3 is 1. The number of carbonyl (C=O) groups excluding carboxylic acids is 1. The largest absolute Gasteiger partial charge is 0.385 e. The molecule has 240 valence electrons. The van der Waals surface area contributed by atoms with Gasteiger partial charge in [-0.15, -0.1) is 0 Å². The van der Waals surface area contributed by atoms with Gasteiger partial charge in [-0.05, 0) is 55.7 Å². The molecule has 0 radical (unpaired) electrons. The number of hydrogen-bond donors (Lipinski definition) is 0. The number of aromatic nitrogens is 4. The zero-order valence-electron chi connectivity index (χ0n) is 25.6. The van der Waals surface area contributed by atoms with Gasteiger partial charge in [-0.3, -0.25) is 28.4 Å². The molecule has 0 saturated heterocycles. The van der Waals surface area contributed by atoms with Crippen LogP contribution in [-0.4, -0.2) is 50.6 Å². The molecule has 3 aromatic heterocycles. The second-order valence-corrected chi connectivity index (χ2v) is 10.9. The normalized spacial score (nSPS) is 12.2. The van der Waals surface area contributed by atoms with Crippen molar-refractivity contribution in [1.82, 2.24) is 18.7 Å². The first-order chi connectivity index (χ1) is 22.2. The average molecular weight is 633 g/mol. The summed E-state index contributed by atoms with van der Waals surface area (Å²) < 4.78 is 37.0. The molecule has 0 aliphatic carbocycles. The lowest BCUT2D eigenvalue weighted by Crippen LogP contribution is -2.41. The Morgan fingerprint density at radius 2 is 1.80 bits per heavy atom. The van der Waals surface area contributed by atoms with E-state index in [9.17, 15) is 28.0 Å². The van der Waals surface area contributed by atoms with Gasteiger partial charge in [0.25, 0.3) is 11.5 Å². The highest BCUT2D eigenvalue weighted by atomic mass is 19.2. The zero-order valence-corrected chi connectivity index (χ0v) is 25.6. The van der Waals surface area contributed by atoms with Gasteiger partial charge in [0.2, 0.25) is 5.56 Å². The molecule has 1 aliphatic heterocycles. The molecule has 4 heterocycles. The summed E-state index contributed by atoms with van der Waals surface area (Å²) in [6, 6.07) is 11.0. The highest BCUT2D eigenvalue weighted by molar-refractivity contribution is 6.07. The third kappa shape index (κ3) is 6.79. The monoisotopic (exact) mass is 632 g/mol. The minimum absolute atomic E-state index is 0.0621. The number of halogens is 2. The van der Waals surface area contributed by atoms with E-state index in [2.05, 4.69) is 9.98 Å². The predicted octanol–water partition coefficient (Wildman–Crippen LogP) is 3.71. The first-order valence-corrected chi connectivity index (χ1v) is 15.0. The molecule has 1 aliphatic rings. The number of nitrogens with zero attached hydrogens (tertiary/aromatic N) is 6. The second kappa shape index (κ2) is 14.4. The summed E-state index contributed by atoms with van der Waals surface area (Å²) in [5.41, 5.74) is 0.525. The number of carbonyl (C=O) groups is 1. The molecular weight excluding hydrogens is 598 g/mol. The molecule has 1 amide bonds. The van der Waals surface area contributed by atoms with E-state index in [4.69, 9.17) is 4.74 Å². The Morgan fingerprint density at radius 1 is 0.978 bits per heavy atom. The summed E-state index contributed by atoms with van der Waals surface area (Å²) in [6.07, 6.45) is 4.92. The van der Waals surface area contributed by atoms with Crippen molar-refractivity contribution in [2.75, 3.05) is 25.2 Å². The number of amides is 1. The van der Waals surface area contributed by atoms with Crippen LogP contribution in [0.3, 0.4) is 0 Å². The molecular formula is C33H34F2N6O5. The maximum absolute atomic E-state index is 14.0. The summed E-state index contributed by atoms with van der Waals surface area (Å²) >= 11 is 0. The third-order valence-corrected chi connectivity index (χ3v) is 7.70. The number of ether oxygens (including phenoxy) is 1. The van der Waals surface area contributed by atoms with Crippen LogP contribution in [0.5, 0.6) is 0 Å². The van der Waals surface area contributed by atoms with E-state index in [1.165, 1.54) is 36.9 Å². The summed E-state index contributed by atoms with van der Waals surface area (Å²) in [7, 11) is 1.56. The number of fused-ring (bicyclic) bond motifs is 1. The highest BCUT2D eigenvalue weighted by Crippen LogP contribution is 2.26. The first kappa shape index (κ1) is 32.4. The van der Waals surface area contributed by atoms with E-state index >= 15 is 0 Å². The van der Waals surface area contributed by atoms with Crippen LogP contribution in [0.25, 0.3) is 0 Å². The van der Waals surface area contributed by atoms with Crippen LogP contribution in [0.1, 0.15) is 47.7 Å². The quantitative estimate of drug-likeness (QED) is 0.207. The van der Waals surface area contributed by atoms with Gasteiger partial charge in [0.15, 0.2) is 11.6 Å². The molecule has 46 heavy (non-hydrogen) atoms. The van der Waals surface area contributed by atoms with Crippen LogP contribution in [0.15, 0.2) is 80.3 Å². The van der Waals surface area contributed by atoms with Crippen molar-refractivity contribution in [2.45, 2.75) is 52.2 Å². The maximum atomic E-state index is 14.0. The molecule has 0 saturated carbocycles. The Kier molecular flexibility index (Phi) is 10.1. The number of pyridine rings is 2. The second-order valence-electron chi connectivity index (χ2n) is 10.9. The van der Waals surface area contributed by atoms with Crippen molar-refractivity contribution >= 4 is 23.3 Å². The first-order valence-electron chi connectivity index (χ1n) is 15.0. The Balaban J connectivity index is 1.43. The minimum Gasteiger partial charge on any atom is -0.385 e. The highest BCUT2D eigenvalue weighted by Gasteiger charge is 2.27. The van der Waals surface area contributed by atoms with E-state index in [1.54, 1.807) is 37.6 Å². The minimum atomic E-state index is -1.15. The standard InChI is InChI=1S/C33H34F2N6O5/c1-3-13-40-30-24(32(44)41(33(40)45)17-7-18-46-2)20-27(37-30)23-10-12-28(36-21-23)39(16-6-15-38-14-5-4-8-29(38)42)31(43)22-9-11-25(34)26(35)19-22/h4-5,8-12,14,19,21H,3,6-7,13,15-18,20H2,1-2H3.